The monoisotopic (exact) mass is 344 g/mol. The van der Waals surface area contributed by atoms with Crippen molar-refractivity contribution in [3.8, 4) is 0 Å². The normalized spacial score (nSPS) is 39.6. The minimum Gasteiger partial charge on any atom is -0.354 e. The molecule has 0 radical (unpaired) electrons. The Morgan fingerprint density at radius 1 is 0.962 bits per heavy atom. The van der Waals surface area contributed by atoms with Crippen LogP contribution >= 0.6 is 0 Å². The Morgan fingerprint density at radius 3 is 2.35 bits per heavy atom. The molecule has 0 unspecified atom stereocenters. The van der Waals surface area contributed by atoms with Gasteiger partial charge in [-0.1, -0.05) is 18.2 Å². The third-order valence-corrected chi connectivity index (χ3v) is 8.28. The van der Waals surface area contributed by atoms with E-state index in [4.69, 9.17) is 0 Å². The van der Waals surface area contributed by atoms with Crippen LogP contribution in [0.1, 0.15) is 61.8 Å². The number of pyridine rings is 1. The maximum atomic E-state index is 4.62. The maximum Gasteiger partial charge on any atom is 0.0735 e. The molecule has 4 fully saturated rings. The summed E-state index contributed by atoms with van der Waals surface area (Å²) in [4.78, 5) is 7.47. The van der Waals surface area contributed by atoms with Crippen LogP contribution in [-0.2, 0) is 5.54 Å². The van der Waals surface area contributed by atoms with E-state index in [0.717, 1.165) is 23.7 Å². The smallest absolute Gasteiger partial charge is 0.0735 e. The molecule has 2 aromatic rings. The molecule has 0 amide bonds. The van der Waals surface area contributed by atoms with E-state index in [-0.39, 0.29) is 5.54 Å². The summed E-state index contributed by atoms with van der Waals surface area (Å²) >= 11 is 0. The van der Waals surface area contributed by atoms with E-state index in [1.807, 2.05) is 6.20 Å². The third-order valence-electron chi connectivity index (χ3n) is 8.28. The largest absolute Gasteiger partial charge is 0.354 e. The lowest BCUT2D eigenvalue weighted by atomic mass is 9.47. The third kappa shape index (κ3) is 1.71. The van der Waals surface area contributed by atoms with Gasteiger partial charge in [0.1, 0.15) is 0 Å². The van der Waals surface area contributed by atoms with Crippen LogP contribution in [0.2, 0.25) is 0 Å². The van der Waals surface area contributed by atoms with Crippen LogP contribution in [0.4, 0.5) is 5.69 Å². The van der Waals surface area contributed by atoms with E-state index >= 15 is 0 Å². The molecule has 1 aliphatic heterocycles. The number of rotatable bonds is 1. The maximum absolute atomic E-state index is 4.62. The summed E-state index contributed by atoms with van der Waals surface area (Å²) < 4.78 is 0. The van der Waals surface area contributed by atoms with E-state index in [2.05, 4.69) is 60.3 Å². The molecule has 0 saturated heterocycles. The second-order valence-electron chi connectivity index (χ2n) is 9.43. The molecule has 134 valence electrons. The highest BCUT2D eigenvalue weighted by molar-refractivity contribution is 5.64. The van der Waals surface area contributed by atoms with Crippen molar-refractivity contribution in [2.24, 2.45) is 23.7 Å². The van der Waals surface area contributed by atoms with Gasteiger partial charge in [0.25, 0.3) is 0 Å². The molecule has 1 atom stereocenters. The highest BCUT2D eigenvalue weighted by Gasteiger charge is 2.64. The summed E-state index contributed by atoms with van der Waals surface area (Å²) in [6, 6.07) is 11.8. The van der Waals surface area contributed by atoms with Crippen molar-refractivity contribution in [1.82, 2.24) is 4.98 Å². The molecule has 26 heavy (non-hydrogen) atoms. The molecule has 1 aromatic carbocycles. The van der Waals surface area contributed by atoms with Crippen LogP contribution in [0.15, 0.2) is 42.7 Å². The van der Waals surface area contributed by atoms with Gasteiger partial charge in [-0.15, -0.1) is 0 Å². The van der Waals surface area contributed by atoms with Gasteiger partial charge < -0.3 is 4.90 Å². The number of nitrogens with zero attached hydrogens (tertiary/aromatic N) is 2. The molecule has 2 heteroatoms. The van der Waals surface area contributed by atoms with Crippen molar-refractivity contribution < 1.29 is 0 Å². The molecule has 1 spiro atoms. The summed E-state index contributed by atoms with van der Waals surface area (Å²) in [5, 5.41) is 0. The Balaban J connectivity index is 1.62. The highest BCUT2D eigenvalue weighted by atomic mass is 15.3. The van der Waals surface area contributed by atoms with E-state index in [0.29, 0.717) is 6.04 Å². The molecular formula is C24H28N2. The average Bonchev–Trinajstić information content (AvgIpc) is 2.90. The molecule has 4 bridgehead atoms. The van der Waals surface area contributed by atoms with Crippen molar-refractivity contribution in [2.75, 3.05) is 4.90 Å². The van der Waals surface area contributed by atoms with Gasteiger partial charge in [-0.3, -0.25) is 4.98 Å². The molecule has 7 rings (SSSR count). The van der Waals surface area contributed by atoms with Gasteiger partial charge in [-0.25, -0.2) is 0 Å². The van der Waals surface area contributed by atoms with E-state index in [1.165, 1.54) is 48.9 Å². The lowest BCUT2D eigenvalue weighted by Crippen LogP contribution is -2.62. The minimum absolute atomic E-state index is 0.183. The van der Waals surface area contributed by atoms with Crippen LogP contribution < -0.4 is 4.90 Å². The highest BCUT2D eigenvalue weighted by Crippen LogP contribution is 2.68. The van der Waals surface area contributed by atoms with Crippen LogP contribution in [0.3, 0.4) is 0 Å². The Kier molecular flexibility index (Phi) is 3.00. The zero-order valence-electron chi connectivity index (χ0n) is 15.9. The lowest BCUT2D eigenvalue weighted by molar-refractivity contribution is -0.0603. The van der Waals surface area contributed by atoms with Gasteiger partial charge in [0.2, 0.25) is 0 Å². The van der Waals surface area contributed by atoms with Crippen molar-refractivity contribution in [1.29, 1.82) is 0 Å². The number of benzene rings is 1. The van der Waals surface area contributed by atoms with Crippen LogP contribution in [-0.4, -0.2) is 4.98 Å². The number of aromatic nitrogens is 1. The zero-order chi connectivity index (χ0) is 17.5. The predicted molar refractivity (Wildman–Crippen MR) is 105 cm³/mol. The Bertz CT molecular complexity index is 842. The second kappa shape index (κ2) is 5.12. The standard InChI is InChI=1S/C24H28N2/c1-15-5-3-4-6-23(15)26-16(2)21-7-8-25-14-22(21)24(26)19-10-17-9-18(12-19)13-20(24)11-17/h3-8,14,16-20H,9-13H2,1-2H3/t16-,17?,18?,19?,20?,24?/m0/s1. The fourth-order valence-corrected chi connectivity index (χ4v) is 7.67. The molecule has 4 saturated carbocycles. The van der Waals surface area contributed by atoms with Crippen molar-refractivity contribution in [2.45, 2.75) is 57.5 Å². The van der Waals surface area contributed by atoms with Crippen LogP contribution in [0.25, 0.3) is 0 Å². The van der Waals surface area contributed by atoms with Gasteiger partial charge >= 0.3 is 0 Å². The van der Waals surface area contributed by atoms with Gasteiger partial charge in [0.15, 0.2) is 0 Å². The van der Waals surface area contributed by atoms with Crippen molar-refractivity contribution >= 4 is 5.69 Å². The minimum atomic E-state index is 0.183. The Morgan fingerprint density at radius 2 is 1.65 bits per heavy atom. The quantitative estimate of drug-likeness (QED) is 0.667. The van der Waals surface area contributed by atoms with Gasteiger partial charge in [0.05, 0.1) is 11.6 Å². The summed E-state index contributed by atoms with van der Waals surface area (Å²) in [6.45, 7) is 4.71. The topological polar surface area (TPSA) is 16.1 Å². The van der Waals surface area contributed by atoms with Crippen LogP contribution in [0.5, 0.6) is 0 Å². The number of hydrogen-bond acceptors (Lipinski definition) is 2. The van der Waals surface area contributed by atoms with Gasteiger partial charge in [0, 0.05) is 23.6 Å². The van der Waals surface area contributed by atoms with Crippen LogP contribution in [0, 0.1) is 30.6 Å². The fraction of sp³-hybridized carbons (Fsp3) is 0.542. The fourth-order valence-electron chi connectivity index (χ4n) is 7.67. The number of hydrogen-bond donors (Lipinski definition) is 0. The summed E-state index contributed by atoms with van der Waals surface area (Å²) in [5.74, 6) is 3.56. The average molecular weight is 345 g/mol. The number of anilines is 1. The first-order chi connectivity index (χ1) is 12.7. The summed E-state index contributed by atoms with van der Waals surface area (Å²) in [5.41, 5.74) is 6.12. The molecule has 0 N–H and O–H groups in total. The second-order valence-corrected chi connectivity index (χ2v) is 9.43. The molecule has 5 aliphatic rings. The Hall–Kier alpha value is -1.83. The first-order valence-electron chi connectivity index (χ1n) is 10.5. The van der Waals surface area contributed by atoms with Crippen molar-refractivity contribution in [3.63, 3.8) is 0 Å². The predicted octanol–water partition coefficient (Wildman–Crippen LogP) is 5.62. The molecule has 1 aromatic heterocycles. The molecular weight excluding hydrogens is 316 g/mol. The number of fused-ring (bicyclic) bond motifs is 1. The molecule has 2 nitrogen and oxygen atoms in total. The molecule has 4 aliphatic carbocycles. The number of aryl methyl sites for hydroxylation is 1. The van der Waals surface area contributed by atoms with E-state index in [1.54, 1.807) is 5.56 Å². The first-order valence-corrected chi connectivity index (χ1v) is 10.5. The summed E-state index contributed by atoms with van der Waals surface area (Å²) in [6.07, 6.45) is 11.4. The SMILES string of the molecule is Cc1ccccc1N1[C@@H](C)c2ccncc2C12C1CC3CC(C1)CC2C3. The number of para-hydroxylation sites is 1. The van der Waals surface area contributed by atoms with Gasteiger partial charge in [-0.2, -0.15) is 0 Å². The van der Waals surface area contributed by atoms with E-state index in [9.17, 15) is 0 Å². The summed E-state index contributed by atoms with van der Waals surface area (Å²) in [7, 11) is 0. The first kappa shape index (κ1) is 15.2. The van der Waals surface area contributed by atoms with Crippen molar-refractivity contribution in [3.05, 3.63) is 59.4 Å². The zero-order valence-corrected chi connectivity index (χ0v) is 15.9. The Labute approximate surface area is 156 Å². The van der Waals surface area contributed by atoms with E-state index < -0.39 is 0 Å². The van der Waals surface area contributed by atoms with Gasteiger partial charge in [-0.05, 0) is 92.9 Å². The molecule has 2 heterocycles. The lowest BCUT2D eigenvalue weighted by Gasteiger charge is -2.64.